The number of hydrogen-bond donors (Lipinski definition) is 0. The van der Waals surface area contributed by atoms with Gasteiger partial charge in [0.05, 0.1) is 25.1 Å². The van der Waals surface area contributed by atoms with Crippen molar-refractivity contribution in [1.29, 1.82) is 0 Å². The van der Waals surface area contributed by atoms with Gasteiger partial charge in [0.1, 0.15) is 16.7 Å². The number of hydrogen-bond acceptors (Lipinski definition) is 3. The Hall–Kier alpha value is -1.20. The average molecular weight is 283 g/mol. The molecule has 0 saturated heterocycles. The SMILES string of the molecule is COc1ccc(COC/C=N/[S@](=O)C(C)(C)C)cc1. The van der Waals surface area contributed by atoms with E-state index in [0.29, 0.717) is 13.2 Å². The molecule has 4 nitrogen and oxygen atoms in total. The summed E-state index contributed by atoms with van der Waals surface area (Å²) < 4.78 is 25.7. The molecule has 5 heteroatoms. The number of rotatable bonds is 6. The number of methoxy groups -OCH3 is 1. The second-order valence-corrected chi connectivity index (χ2v) is 6.95. The first kappa shape index (κ1) is 15.9. The molecule has 0 heterocycles. The van der Waals surface area contributed by atoms with Crippen LogP contribution in [0.5, 0.6) is 5.75 Å². The first-order chi connectivity index (χ1) is 8.93. The van der Waals surface area contributed by atoms with Crippen molar-refractivity contribution in [3.63, 3.8) is 0 Å². The molecule has 0 spiro atoms. The van der Waals surface area contributed by atoms with Crippen LogP contribution >= 0.6 is 0 Å². The third kappa shape index (κ3) is 5.98. The largest absolute Gasteiger partial charge is 0.497 e. The predicted octanol–water partition coefficient (Wildman–Crippen LogP) is 2.74. The number of ether oxygens (including phenoxy) is 2. The minimum atomic E-state index is -1.22. The van der Waals surface area contributed by atoms with Crippen LogP contribution in [-0.4, -0.2) is 28.9 Å². The highest BCUT2D eigenvalue weighted by Crippen LogP contribution is 2.12. The fraction of sp³-hybridized carbons (Fsp3) is 0.500. The van der Waals surface area contributed by atoms with Crippen LogP contribution < -0.4 is 4.74 Å². The Bertz CT molecular complexity index is 435. The van der Waals surface area contributed by atoms with Crippen LogP contribution in [0.3, 0.4) is 0 Å². The predicted molar refractivity (Wildman–Crippen MR) is 79.0 cm³/mol. The highest BCUT2D eigenvalue weighted by molar-refractivity contribution is 7.85. The summed E-state index contributed by atoms with van der Waals surface area (Å²) in [5.41, 5.74) is 1.06. The maximum absolute atomic E-state index is 11.6. The Labute approximate surface area is 117 Å². The van der Waals surface area contributed by atoms with E-state index in [-0.39, 0.29) is 4.75 Å². The van der Waals surface area contributed by atoms with Crippen molar-refractivity contribution in [3.8, 4) is 5.75 Å². The third-order valence-corrected chi connectivity index (χ3v) is 3.70. The van der Waals surface area contributed by atoms with Gasteiger partial charge in [-0.3, -0.25) is 0 Å². The molecule has 1 aromatic carbocycles. The molecule has 0 radical (unpaired) electrons. The topological polar surface area (TPSA) is 47.9 Å². The molecule has 106 valence electrons. The lowest BCUT2D eigenvalue weighted by molar-refractivity contribution is 0.160. The van der Waals surface area contributed by atoms with E-state index in [1.165, 1.54) is 0 Å². The smallest absolute Gasteiger partial charge is 0.144 e. The fourth-order valence-corrected chi connectivity index (χ4v) is 1.72. The van der Waals surface area contributed by atoms with Crippen LogP contribution in [0.1, 0.15) is 26.3 Å². The van der Waals surface area contributed by atoms with E-state index >= 15 is 0 Å². The fourth-order valence-electron chi connectivity index (χ4n) is 1.21. The highest BCUT2D eigenvalue weighted by Gasteiger charge is 2.17. The Morgan fingerprint density at radius 3 is 2.42 bits per heavy atom. The number of nitrogens with zero attached hydrogens (tertiary/aromatic N) is 1. The molecule has 0 unspecified atom stereocenters. The Morgan fingerprint density at radius 1 is 1.26 bits per heavy atom. The van der Waals surface area contributed by atoms with E-state index in [4.69, 9.17) is 9.47 Å². The Morgan fingerprint density at radius 2 is 1.89 bits per heavy atom. The van der Waals surface area contributed by atoms with Gasteiger partial charge in [-0.05, 0) is 38.5 Å². The maximum Gasteiger partial charge on any atom is 0.144 e. The molecule has 1 rings (SSSR count). The van der Waals surface area contributed by atoms with Crippen LogP contribution in [0.2, 0.25) is 0 Å². The van der Waals surface area contributed by atoms with Gasteiger partial charge >= 0.3 is 0 Å². The summed E-state index contributed by atoms with van der Waals surface area (Å²) >= 11 is 0. The zero-order valence-electron chi connectivity index (χ0n) is 11.9. The van der Waals surface area contributed by atoms with Gasteiger partial charge in [-0.25, -0.2) is 4.21 Å². The van der Waals surface area contributed by atoms with Crippen molar-refractivity contribution in [2.24, 2.45) is 4.40 Å². The maximum atomic E-state index is 11.6. The van der Waals surface area contributed by atoms with Gasteiger partial charge in [0.15, 0.2) is 0 Å². The molecular weight excluding hydrogens is 262 g/mol. The molecular formula is C14H21NO3S. The first-order valence-electron chi connectivity index (χ1n) is 6.08. The van der Waals surface area contributed by atoms with Gasteiger partial charge in [0.25, 0.3) is 0 Å². The zero-order valence-corrected chi connectivity index (χ0v) is 12.7. The molecule has 0 N–H and O–H groups in total. The highest BCUT2D eigenvalue weighted by atomic mass is 32.2. The molecule has 0 aliphatic rings. The van der Waals surface area contributed by atoms with Crippen molar-refractivity contribution >= 4 is 17.2 Å². The van der Waals surface area contributed by atoms with Gasteiger partial charge in [0, 0.05) is 6.21 Å². The molecule has 0 aliphatic carbocycles. The van der Waals surface area contributed by atoms with Crippen LogP contribution in [-0.2, 0) is 22.3 Å². The van der Waals surface area contributed by atoms with Crippen LogP contribution in [0.4, 0.5) is 0 Å². The lowest BCUT2D eigenvalue weighted by Gasteiger charge is -2.12. The van der Waals surface area contributed by atoms with E-state index < -0.39 is 11.0 Å². The first-order valence-corrected chi connectivity index (χ1v) is 7.19. The van der Waals surface area contributed by atoms with Crippen LogP contribution in [0.15, 0.2) is 28.7 Å². The van der Waals surface area contributed by atoms with E-state index in [9.17, 15) is 4.21 Å². The third-order valence-electron chi connectivity index (χ3n) is 2.31. The quantitative estimate of drug-likeness (QED) is 0.596. The van der Waals surface area contributed by atoms with E-state index in [1.807, 2.05) is 45.0 Å². The number of benzene rings is 1. The minimum Gasteiger partial charge on any atom is -0.497 e. The summed E-state index contributed by atoms with van der Waals surface area (Å²) in [6.45, 7) is 6.52. The van der Waals surface area contributed by atoms with Crippen LogP contribution in [0.25, 0.3) is 0 Å². The van der Waals surface area contributed by atoms with Crippen molar-refractivity contribution < 1.29 is 13.7 Å². The van der Waals surface area contributed by atoms with Crippen LogP contribution in [0, 0.1) is 0 Å². The normalized spacial score (nSPS) is 13.7. The molecule has 1 aromatic rings. The summed E-state index contributed by atoms with van der Waals surface area (Å²) in [6, 6.07) is 7.68. The van der Waals surface area contributed by atoms with Crippen molar-refractivity contribution in [3.05, 3.63) is 29.8 Å². The minimum absolute atomic E-state index is 0.327. The molecule has 0 aliphatic heterocycles. The standard InChI is InChI=1S/C14H21NO3S/c1-14(2,3)19(16)15-9-10-18-11-12-5-7-13(17-4)8-6-12/h5-9H,10-11H2,1-4H3/b15-9+/t19-/m1/s1. The van der Waals surface area contributed by atoms with E-state index in [1.54, 1.807) is 13.3 Å². The lowest BCUT2D eigenvalue weighted by atomic mass is 10.2. The molecule has 0 fully saturated rings. The summed E-state index contributed by atoms with van der Waals surface area (Å²) in [7, 11) is 0.419. The van der Waals surface area contributed by atoms with Crippen molar-refractivity contribution in [2.75, 3.05) is 13.7 Å². The molecule has 0 aromatic heterocycles. The van der Waals surface area contributed by atoms with Gasteiger partial charge in [-0.15, -0.1) is 0 Å². The lowest BCUT2D eigenvalue weighted by Crippen LogP contribution is -2.19. The summed E-state index contributed by atoms with van der Waals surface area (Å²) in [5, 5.41) is 0. The van der Waals surface area contributed by atoms with E-state index in [2.05, 4.69) is 4.40 Å². The molecule has 19 heavy (non-hydrogen) atoms. The van der Waals surface area contributed by atoms with E-state index in [0.717, 1.165) is 11.3 Å². The molecule has 0 saturated carbocycles. The molecule has 0 amide bonds. The Balaban J connectivity index is 2.30. The average Bonchev–Trinajstić information content (AvgIpc) is 2.37. The summed E-state index contributed by atoms with van der Waals surface area (Å²) in [6.07, 6.45) is 1.56. The Kier molecular flexibility index (Phi) is 6.18. The monoisotopic (exact) mass is 283 g/mol. The van der Waals surface area contributed by atoms with Crippen molar-refractivity contribution in [2.45, 2.75) is 32.1 Å². The van der Waals surface area contributed by atoms with Gasteiger partial charge in [-0.2, -0.15) is 4.40 Å². The zero-order chi connectivity index (χ0) is 14.3. The second kappa shape index (κ2) is 7.40. The molecule has 1 atom stereocenters. The van der Waals surface area contributed by atoms with Crippen molar-refractivity contribution in [1.82, 2.24) is 0 Å². The van der Waals surface area contributed by atoms with Gasteiger partial charge < -0.3 is 9.47 Å². The summed E-state index contributed by atoms with van der Waals surface area (Å²) in [4.78, 5) is 0. The second-order valence-electron chi connectivity index (χ2n) is 5.01. The summed E-state index contributed by atoms with van der Waals surface area (Å²) in [5.74, 6) is 0.825. The van der Waals surface area contributed by atoms with Gasteiger partial charge in [0.2, 0.25) is 0 Å². The van der Waals surface area contributed by atoms with Gasteiger partial charge in [-0.1, -0.05) is 12.1 Å². The molecule has 0 bridgehead atoms.